The van der Waals surface area contributed by atoms with E-state index in [0.29, 0.717) is 27.7 Å². The van der Waals surface area contributed by atoms with Gasteiger partial charge >= 0.3 is 0 Å². The Balaban J connectivity index is 2.35. The molecule has 0 aliphatic heterocycles. The standard InChI is InChI=1S/C11H12BrFN2O2S2/c1-19(16,17)4-2-3-15-10-5-7(12)8(13)6-9(10)14-11(15)18/h5-6H,2-4H2,1H3,(H,14,18). The van der Waals surface area contributed by atoms with Crippen LogP contribution in [-0.2, 0) is 16.4 Å². The molecule has 0 bridgehead atoms. The molecule has 8 heteroatoms. The molecule has 4 nitrogen and oxygen atoms in total. The third-order valence-corrected chi connectivity index (χ3v) is 4.67. The zero-order chi connectivity index (χ0) is 14.2. The number of hydrogen-bond donors (Lipinski definition) is 1. The smallest absolute Gasteiger partial charge is 0.178 e. The number of aryl methyl sites for hydroxylation is 1. The minimum Gasteiger partial charge on any atom is -0.330 e. The van der Waals surface area contributed by atoms with Crippen molar-refractivity contribution in [3.8, 4) is 0 Å². The molecule has 1 heterocycles. The third kappa shape index (κ3) is 3.43. The highest BCUT2D eigenvalue weighted by molar-refractivity contribution is 9.10. The van der Waals surface area contributed by atoms with Crippen molar-refractivity contribution in [3.05, 3.63) is 27.2 Å². The van der Waals surface area contributed by atoms with E-state index in [-0.39, 0.29) is 11.6 Å². The molecular formula is C11H12BrFN2O2S2. The quantitative estimate of drug-likeness (QED) is 0.846. The first-order valence-electron chi connectivity index (χ1n) is 5.53. The van der Waals surface area contributed by atoms with Crippen LogP contribution in [-0.4, -0.2) is 30.0 Å². The van der Waals surface area contributed by atoms with Gasteiger partial charge in [-0.15, -0.1) is 0 Å². The summed E-state index contributed by atoms with van der Waals surface area (Å²) in [5.41, 5.74) is 1.36. The fraction of sp³-hybridized carbons (Fsp3) is 0.364. The van der Waals surface area contributed by atoms with Gasteiger partial charge in [-0.2, -0.15) is 0 Å². The van der Waals surface area contributed by atoms with E-state index in [4.69, 9.17) is 12.2 Å². The molecule has 19 heavy (non-hydrogen) atoms. The van der Waals surface area contributed by atoms with E-state index in [1.165, 1.54) is 12.3 Å². The molecule has 0 spiro atoms. The van der Waals surface area contributed by atoms with Crippen LogP contribution in [0, 0.1) is 10.6 Å². The number of aromatic amines is 1. The van der Waals surface area contributed by atoms with Crippen LogP contribution in [0.1, 0.15) is 6.42 Å². The molecule has 2 aromatic rings. The molecule has 1 N–H and O–H groups in total. The Morgan fingerprint density at radius 1 is 1.47 bits per heavy atom. The zero-order valence-corrected chi connectivity index (χ0v) is 13.3. The van der Waals surface area contributed by atoms with Crippen LogP contribution in [0.3, 0.4) is 0 Å². The number of imidazole rings is 1. The van der Waals surface area contributed by atoms with Gasteiger partial charge in [0.2, 0.25) is 0 Å². The van der Waals surface area contributed by atoms with Crippen LogP contribution in [0.4, 0.5) is 4.39 Å². The number of hydrogen-bond acceptors (Lipinski definition) is 3. The molecule has 0 saturated heterocycles. The van der Waals surface area contributed by atoms with Crippen LogP contribution in [0.2, 0.25) is 0 Å². The molecule has 1 aromatic carbocycles. The molecule has 0 amide bonds. The fourth-order valence-electron chi connectivity index (χ4n) is 1.86. The maximum absolute atomic E-state index is 13.4. The lowest BCUT2D eigenvalue weighted by atomic mass is 10.3. The zero-order valence-electron chi connectivity index (χ0n) is 10.1. The van der Waals surface area contributed by atoms with E-state index >= 15 is 0 Å². The maximum Gasteiger partial charge on any atom is 0.178 e. The molecule has 0 unspecified atom stereocenters. The van der Waals surface area contributed by atoms with Crippen LogP contribution in [0.25, 0.3) is 11.0 Å². The molecule has 0 fully saturated rings. The van der Waals surface area contributed by atoms with Crippen LogP contribution in [0.5, 0.6) is 0 Å². The van der Waals surface area contributed by atoms with Crippen LogP contribution >= 0.6 is 28.1 Å². The summed E-state index contributed by atoms with van der Waals surface area (Å²) in [6.45, 7) is 0.476. The van der Waals surface area contributed by atoms with Crippen molar-refractivity contribution in [3.63, 3.8) is 0 Å². The highest BCUT2D eigenvalue weighted by atomic mass is 79.9. The van der Waals surface area contributed by atoms with Gasteiger partial charge in [0.15, 0.2) is 4.77 Å². The van der Waals surface area contributed by atoms with E-state index < -0.39 is 9.84 Å². The molecular weight excluding hydrogens is 355 g/mol. The average molecular weight is 367 g/mol. The largest absolute Gasteiger partial charge is 0.330 e. The molecule has 0 saturated carbocycles. The van der Waals surface area contributed by atoms with E-state index in [9.17, 15) is 12.8 Å². The summed E-state index contributed by atoms with van der Waals surface area (Å²) >= 11 is 8.29. The highest BCUT2D eigenvalue weighted by Gasteiger charge is 2.09. The van der Waals surface area contributed by atoms with Gasteiger partial charge in [-0.25, -0.2) is 12.8 Å². The number of rotatable bonds is 4. The van der Waals surface area contributed by atoms with Gasteiger partial charge in [-0.05, 0) is 40.6 Å². The molecule has 104 valence electrons. The van der Waals surface area contributed by atoms with Gasteiger partial charge in [0.25, 0.3) is 0 Å². The van der Waals surface area contributed by atoms with Gasteiger partial charge in [0, 0.05) is 18.9 Å². The van der Waals surface area contributed by atoms with Gasteiger partial charge in [-0.1, -0.05) is 0 Å². The highest BCUT2D eigenvalue weighted by Crippen LogP contribution is 2.23. The lowest BCUT2D eigenvalue weighted by Gasteiger charge is -2.04. The summed E-state index contributed by atoms with van der Waals surface area (Å²) in [5, 5.41) is 0. The van der Waals surface area contributed by atoms with Crippen molar-refractivity contribution in [2.45, 2.75) is 13.0 Å². The summed E-state index contributed by atoms with van der Waals surface area (Å²) in [4.78, 5) is 2.91. The van der Waals surface area contributed by atoms with Crippen molar-refractivity contribution in [1.29, 1.82) is 0 Å². The Bertz CT molecular complexity index is 780. The van der Waals surface area contributed by atoms with Crippen molar-refractivity contribution in [2.75, 3.05) is 12.0 Å². The number of sulfone groups is 1. The number of nitrogens with zero attached hydrogens (tertiary/aromatic N) is 1. The minimum atomic E-state index is -2.99. The first-order chi connectivity index (χ1) is 8.78. The van der Waals surface area contributed by atoms with Crippen molar-refractivity contribution in [2.24, 2.45) is 0 Å². The summed E-state index contributed by atoms with van der Waals surface area (Å²) in [6.07, 6.45) is 1.67. The second-order valence-electron chi connectivity index (χ2n) is 4.35. The third-order valence-electron chi connectivity index (χ3n) is 2.71. The summed E-state index contributed by atoms with van der Waals surface area (Å²) in [5.74, 6) is -0.267. The van der Waals surface area contributed by atoms with Crippen LogP contribution < -0.4 is 0 Å². The fourth-order valence-corrected chi connectivity index (χ4v) is 3.14. The van der Waals surface area contributed by atoms with Crippen molar-refractivity contribution < 1.29 is 12.8 Å². The van der Waals surface area contributed by atoms with Gasteiger partial charge in [0.1, 0.15) is 15.7 Å². The number of benzene rings is 1. The van der Waals surface area contributed by atoms with Crippen molar-refractivity contribution in [1.82, 2.24) is 9.55 Å². The van der Waals surface area contributed by atoms with E-state index in [1.807, 2.05) is 0 Å². The second-order valence-corrected chi connectivity index (χ2v) is 7.85. The second kappa shape index (κ2) is 5.34. The predicted octanol–water partition coefficient (Wildman–Crippen LogP) is 3.04. The Hall–Kier alpha value is -0.730. The molecule has 2 rings (SSSR count). The predicted molar refractivity (Wildman–Crippen MR) is 79.1 cm³/mol. The van der Waals surface area contributed by atoms with Crippen molar-refractivity contribution >= 4 is 49.0 Å². The van der Waals surface area contributed by atoms with E-state index in [0.717, 1.165) is 5.52 Å². The molecule has 0 radical (unpaired) electrons. The number of halogens is 2. The molecule has 0 atom stereocenters. The van der Waals surface area contributed by atoms with Crippen LogP contribution in [0.15, 0.2) is 16.6 Å². The Morgan fingerprint density at radius 3 is 2.79 bits per heavy atom. The normalized spacial score (nSPS) is 12.2. The monoisotopic (exact) mass is 366 g/mol. The van der Waals surface area contributed by atoms with Gasteiger partial charge < -0.3 is 9.55 Å². The molecule has 0 aliphatic carbocycles. The van der Waals surface area contributed by atoms with E-state index in [2.05, 4.69) is 20.9 Å². The first-order valence-corrected chi connectivity index (χ1v) is 8.79. The molecule has 0 aliphatic rings. The number of H-pyrrole nitrogens is 1. The maximum atomic E-state index is 13.4. The lowest BCUT2D eigenvalue weighted by Crippen LogP contribution is -2.07. The summed E-state index contributed by atoms with van der Waals surface area (Å²) < 4.78 is 38.2. The topological polar surface area (TPSA) is 54.9 Å². The number of nitrogens with one attached hydrogen (secondary N) is 1. The van der Waals surface area contributed by atoms with Gasteiger partial charge in [0.05, 0.1) is 21.3 Å². The number of fused-ring (bicyclic) bond motifs is 1. The number of aromatic nitrogens is 2. The van der Waals surface area contributed by atoms with E-state index in [1.54, 1.807) is 10.6 Å². The molecule has 1 aromatic heterocycles. The minimum absolute atomic E-state index is 0.101. The first kappa shape index (κ1) is 14.7. The Labute approximate surface area is 123 Å². The Morgan fingerprint density at radius 2 is 2.16 bits per heavy atom. The lowest BCUT2D eigenvalue weighted by molar-refractivity contribution is 0.592. The summed E-state index contributed by atoms with van der Waals surface area (Å²) in [7, 11) is -2.99. The summed E-state index contributed by atoms with van der Waals surface area (Å²) in [6, 6.07) is 3.00. The van der Waals surface area contributed by atoms with Gasteiger partial charge in [-0.3, -0.25) is 0 Å². The SMILES string of the molecule is CS(=O)(=O)CCCn1c(=S)[nH]c2cc(F)c(Br)cc21. The average Bonchev–Trinajstić information content (AvgIpc) is 2.55. The Kier molecular flexibility index (Phi) is 4.12.